The van der Waals surface area contributed by atoms with E-state index in [-0.39, 0.29) is 30.9 Å². The molecular formula is C14H19F2NO2. The van der Waals surface area contributed by atoms with Crippen LogP contribution in [0.15, 0.2) is 18.2 Å². The van der Waals surface area contributed by atoms with Crippen molar-refractivity contribution < 1.29 is 18.7 Å². The maximum atomic E-state index is 13.3. The van der Waals surface area contributed by atoms with E-state index in [9.17, 15) is 18.7 Å². The molecule has 0 saturated heterocycles. The third kappa shape index (κ3) is 5.34. The first-order valence-corrected chi connectivity index (χ1v) is 6.42. The Balaban J connectivity index is 2.36. The molecule has 1 atom stereocenters. The Morgan fingerprint density at radius 2 is 2.16 bits per heavy atom. The normalized spacial score (nSPS) is 12.2. The highest BCUT2D eigenvalue weighted by Gasteiger charge is 2.10. The van der Waals surface area contributed by atoms with Crippen molar-refractivity contribution in [2.75, 3.05) is 6.54 Å². The van der Waals surface area contributed by atoms with Crippen molar-refractivity contribution in [1.82, 2.24) is 5.32 Å². The molecule has 0 aliphatic carbocycles. The van der Waals surface area contributed by atoms with Crippen LogP contribution < -0.4 is 5.32 Å². The van der Waals surface area contributed by atoms with E-state index in [4.69, 9.17) is 0 Å². The third-order valence-corrected chi connectivity index (χ3v) is 2.81. The molecule has 0 aromatic heterocycles. The number of hydrogen-bond acceptors (Lipinski definition) is 2. The molecule has 3 nitrogen and oxygen atoms in total. The van der Waals surface area contributed by atoms with E-state index in [0.29, 0.717) is 6.42 Å². The fourth-order valence-electron chi connectivity index (χ4n) is 1.75. The van der Waals surface area contributed by atoms with Crippen molar-refractivity contribution in [3.63, 3.8) is 0 Å². The highest BCUT2D eigenvalue weighted by molar-refractivity contribution is 5.76. The number of amides is 1. The van der Waals surface area contributed by atoms with E-state index < -0.39 is 17.7 Å². The fourth-order valence-corrected chi connectivity index (χ4v) is 1.75. The summed E-state index contributed by atoms with van der Waals surface area (Å²) < 4.78 is 26.3. The minimum atomic E-state index is -0.906. The molecule has 2 N–H and O–H groups in total. The third-order valence-electron chi connectivity index (χ3n) is 2.81. The van der Waals surface area contributed by atoms with Crippen LogP contribution in [0, 0.1) is 11.6 Å². The number of carbonyl (C=O) groups excluding carboxylic acids is 1. The van der Waals surface area contributed by atoms with Gasteiger partial charge in [-0.05, 0) is 24.5 Å². The van der Waals surface area contributed by atoms with Crippen molar-refractivity contribution in [3.05, 3.63) is 35.4 Å². The van der Waals surface area contributed by atoms with E-state index in [0.717, 1.165) is 12.5 Å². The second-order valence-corrected chi connectivity index (χ2v) is 4.46. The Hall–Kier alpha value is -1.49. The first kappa shape index (κ1) is 15.6. The predicted octanol–water partition coefficient (Wildman–Crippen LogP) is 2.17. The smallest absolute Gasteiger partial charge is 0.220 e. The first-order valence-electron chi connectivity index (χ1n) is 6.42. The Bertz CT molecular complexity index is 424. The van der Waals surface area contributed by atoms with Crippen molar-refractivity contribution >= 4 is 5.91 Å². The van der Waals surface area contributed by atoms with Crippen LogP contribution in [0.2, 0.25) is 0 Å². The zero-order valence-electron chi connectivity index (χ0n) is 11.0. The Labute approximate surface area is 111 Å². The molecule has 5 heteroatoms. The molecule has 0 fully saturated rings. The van der Waals surface area contributed by atoms with Crippen LogP contribution in [0.25, 0.3) is 0 Å². The predicted molar refractivity (Wildman–Crippen MR) is 68.6 cm³/mol. The number of carbonyl (C=O) groups is 1. The van der Waals surface area contributed by atoms with Crippen LogP contribution in [0.5, 0.6) is 0 Å². The topological polar surface area (TPSA) is 49.3 Å². The van der Waals surface area contributed by atoms with E-state index in [1.54, 1.807) is 0 Å². The van der Waals surface area contributed by atoms with E-state index in [1.165, 1.54) is 12.1 Å². The van der Waals surface area contributed by atoms with Gasteiger partial charge < -0.3 is 10.4 Å². The lowest BCUT2D eigenvalue weighted by molar-refractivity contribution is -0.121. The number of halogens is 2. The SMILES string of the molecule is CCCC(O)CNC(=O)CCc1cccc(F)c1F. The van der Waals surface area contributed by atoms with Crippen LogP contribution in [0.1, 0.15) is 31.7 Å². The maximum Gasteiger partial charge on any atom is 0.220 e. The molecule has 0 heterocycles. The van der Waals surface area contributed by atoms with Gasteiger partial charge in [0.2, 0.25) is 5.91 Å². The number of benzene rings is 1. The molecule has 0 saturated carbocycles. The zero-order chi connectivity index (χ0) is 14.3. The van der Waals surface area contributed by atoms with Crippen molar-refractivity contribution in [1.29, 1.82) is 0 Å². The summed E-state index contributed by atoms with van der Waals surface area (Å²) in [7, 11) is 0. The van der Waals surface area contributed by atoms with E-state index >= 15 is 0 Å². The zero-order valence-corrected chi connectivity index (χ0v) is 11.0. The molecule has 0 aliphatic rings. The summed E-state index contributed by atoms with van der Waals surface area (Å²) in [5.41, 5.74) is 0.184. The summed E-state index contributed by atoms with van der Waals surface area (Å²) in [6.07, 6.45) is 1.11. The van der Waals surface area contributed by atoms with Gasteiger partial charge in [-0.1, -0.05) is 25.5 Å². The number of aliphatic hydroxyl groups is 1. The van der Waals surface area contributed by atoms with Gasteiger partial charge in [0.1, 0.15) is 0 Å². The molecule has 1 unspecified atom stereocenters. The van der Waals surface area contributed by atoms with Gasteiger partial charge in [0, 0.05) is 13.0 Å². The Morgan fingerprint density at radius 1 is 1.42 bits per heavy atom. The van der Waals surface area contributed by atoms with E-state index in [2.05, 4.69) is 5.32 Å². The summed E-state index contributed by atoms with van der Waals surface area (Å²) in [5, 5.41) is 12.0. The molecule has 0 aliphatic heterocycles. The highest BCUT2D eigenvalue weighted by atomic mass is 19.2. The number of nitrogens with one attached hydrogen (secondary N) is 1. The van der Waals surface area contributed by atoms with Gasteiger partial charge in [-0.15, -0.1) is 0 Å². The summed E-state index contributed by atoms with van der Waals surface area (Å²) in [4.78, 5) is 11.5. The van der Waals surface area contributed by atoms with Gasteiger partial charge in [0.25, 0.3) is 0 Å². The molecule has 19 heavy (non-hydrogen) atoms. The standard InChI is InChI=1S/C14H19F2NO2/c1-2-4-11(18)9-17-13(19)8-7-10-5-3-6-12(15)14(10)16/h3,5-6,11,18H,2,4,7-9H2,1H3,(H,17,19). The fraction of sp³-hybridized carbons (Fsp3) is 0.500. The summed E-state index contributed by atoms with van der Waals surface area (Å²) >= 11 is 0. The minimum absolute atomic E-state index is 0.0687. The van der Waals surface area contributed by atoms with Crippen molar-refractivity contribution in [2.45, 2.75) is 38.7 Å². The molecule has 1 amide bonds. The number of rotatable bonds is 7. The quantitative estimate of drug-likeness (QED) is 0.798. The molecule has 106 valence electrons. The molecule has 1 aromatic rings. The maximum absolute atomic E-state index is 13.3. The van der Waals surface area contributed by atoms with Gasteiger partial charge in [-0.25, -0.2) is 8.78 Å². The molecule has 1 aromatic carbocycles. The summed E-state index contributed by atoms with van der Waals surface area (Å²) in [6.45, 7) is 2.13. The van der Waals surface area contributed by atoms with Crippen LogP contribution in [0.3, 0.4) is 0 Å². The van der Waals surface area contributed by atoms with Crippen LogP contribution in [0.4, 0.5) is 8.78 Å². The monoisotopic (exact) mass is 271 g/mol. The van der Waals surface area contributed by atoms with Gasteiger partial charge in [-0.3, -0.25) is 4.79 Å². The molecule has 0 spiro atoms. The number of hydrogen-bond donors (Lipinski definition) is 2. The molecule has 0 bridgehead atoms. The lowest BCUT2D eigenvalue weighted by Crippen LogP contribution is -2.32. The first-order chi connectivity index (χ1) is 9.04. The largest absolute Gasteiger partial charge is 0.391 e. The average Bonchev–Trinajstić information content (AvgIpc) is 2.38. The Kier molecular flexibility index (Phi) is 6.42. The van der Waals surface area contributed by atoms with Gasteiger partial charge >= 0.3 is 0 Å². The molecule has 0 radical (unpaired) electrons. The average molecular weight is 271 g/mol. The Morgan fingerprint density at radius 3 is 2.84 bits per heavy atom. The second-order valence-electron chi connectivity index (χ2n) is 4.46. The van der Waals surface area contributed by atoms with Crippen molar-refractivity contribution in [2.24, 2.45) is 0 Å². The summed E-state index contributed by atoms with van der Waals surface area (Å²) in [6, 6.07) is 3.91. The van der Waals surface area contributed by atoms with E-state index in [1.807, 2.05) is 6.92 Å². The number of aliphatic hydroxyl groups excluding tert-OH is 1. The molecule has 1 rings (SSSR count). The molecular weight excluding hydrogens is 252 g/mol. The minimum Gasteiger partial charge on any atom is -0.391 e. The lowest BCUT2D eigenvalue weighted by Gasteiger charge is -2.10. The van der Waals surface area contributed by atoms with Crippen LogP contribution in [-0.4, -0.2) is 23.7 Å². The van der Waals surface area contributed by atoms with Crippen LogP contribution in [-0.2, 0) is 11.2 Å². The highest BCUT2D eigenvalue weighted by Crippen LogP contribution is 2.13. The van der Waals surface area contributed by atoms with Crippen molar-refractivity contribution in [3.8, 4) is 0 Å². The lowest BCUT2D eigenvalue weighted by atomic mass is 10.1. The van der Waals surface area contributed by atoms with Gasteiger partial charge in [0.05, 0.1) is 6.10 Å². The van der Waals surface area contributed by atoms with Gasteiger partial charge in [-0.2, -0.15) is 0 Å². The number of aryl methyl sites for hydroxylation is 1. The summed E-state index contributed by atoms with van der Waals surface area (Å²) in [5.74, 6) is -2.09. The van der Waals surface area contributed by atoms with Gasteiger partial charge in [0.15, 0.2) is 11.6 Å². The van der Waals surface area contributed by atoms with Crippen LogP contribution >= 0.6 is 0 Å². The second kappa shape index (κ2) is 7.84.